The van der Waals surface area contributed by atoms with Crippen molar-refractivity contribution in [2.45, 2.75) is 39.7 Å². The number of methoxy groups -OCH3 is 1. The largest absolute Gasteiger partial charge is 0.509 e. The zero-order valence-electron chi connectivity index (χ0n) is 10.9. The summed E-state index contributed by atoms with van der Waals surface area (Å²) < 4.78 is 9.48. The van der Waals surface area contributed by atoms with Crippen LogP contribution in [0.5, 0.6) is 0 Å². The zero-order chi connectivity index (χ0) is 13.1. The molecule has 0 saturated carbocycles. The summed E-state index contributed by atoms with van der Waals surface area (Å²) in [6.45, 7) is 5.94. The van der Waals surface area contributed by atoms with Gasteiger partial charge in [0.15, 0.2) is 6.10 Å². The Morgan fingerprint density at radius 1 is 1.41 bits per heavy atom. The van der Waals surface area contributed by atoms with E-state index in [1.807, 2.05) is 26.8 Å². The first-order valence-electron chi connectivity index (χ1n) is 5.60. The number of hydrogen-bond donors (Lipinski definition) is 0. The van der Waals surface area contributed by atoms with Gasteiger partial charge in [-0.3, -0.25) is 0 Å². The molecule has 0 aromatic heterocycles. The molecule has 0 amide bonds. The Morgan fingerprint density at radius 3 is 2.65 bits per heavy atom. The van der Waals surface area contributed by atoms with Crippen LogP contribution in [0.15, 0.2) is 23.8 Å². The summed E-state index contributed by atoms with van der Waals surface area (Å²) in [4.78, 5) is 11.0. The summed E-state index contributed by atoms with van der Waals surface area (Å²) in [6.07, 6.45) is 6.02. The lowest BCUT2D eigenvalue weighted by Crippen LogP contribution is -2.16. The molecule has 0 fully saturated rings. The van der Waals surface area contributed by atoms with Crippen molar-refractivity contribution in [1.82, 2.24) is 0 Å². The van der Waals surface area contributed by atoms with E-state index < -0.39 is 12.3 Å². The Morgan fingerprint density at radius 2 is 2.12 bits per heavy atom. The molecule has 3 heteroatoms. The van der Waals surface area contributed by atoms with E-state index >= 15 is 0 Å². The van der Waals surface area contributed by atoms with Crippen LogP contribution in [0.25, 0.3) is 0 Å². The van der Waals surface area contributed by atoms with E-state index in [0.29, 0.717) is 6.42 Å². The molecule has 0 N–H and O–H groups in total. The Labute approximate surface area is 103 Å². The number of allylic oxidation sites excluding steroid dienone is 4. The maximum absolute atomic E-state index is 11.0. The van der Waals surface area contributed by atoms with Crippen LogP contribution < -0.4 is 0 Å². The molecule has 0 heterocycles. The van der Waals surface area contributed by atoms with Crippen LogP contribution >= 0.6 is 0 Å². The highest BCUT2D eigenvalue weighted by Gasteiger charge is 2.10. The second-order valence-corrected chi connectivity index (χ2v) is 3.71. The number of ether oxygens (including phenoxy) is 2. The molecular weight excluding hydrogens is 216 g/mol. The number of carbonyl (C=O) groups excluding carboxylic acids is 1. The highest BCUT2D eigenvalue weighted by Crippen LogP contribution is 2.05. The van der Waals surface area contributed by atoms with Crippen molar-refractivity contribution >= 4 is 6.16 Å². The van der Waals surface area contributed by atoms with E-state index in [0.717, 1.165) is 6.42 Å². The first-order valence-corrected chi connectivity index (χ1v) is 5.60. The first-order chi connectivity index (χ1) is 8.10. The van der Waals surface area contributed by atoms with Crippen LogP contribution in [-0.2, 0) is 9.47 Å². The molecule has 0 rings (SSSR count). The van der Waals surface area contributed by atoms with Crippen molar-refractivity contribution in [1.29, 1.82) is 0 Å². The van der Waals surface area contributed by atoms with Crippen LogP contribution in [0, 0.1) is 11.8 Å². The molecule has 0 radical (unpaired) electrons. The minimum atomic E-state index is -0.693. The minimum Gasteiger partial charge on any atom is -0.438 e. The second kappa shape index (κ2) is 9.53. The second-order valence-electron chi connectivity index (χ2n) is 3.71. The van der Waals surface area contributed by atoms with Crippen LogP contribution in [0.3, 0.4) is 0 Å². The Kier molecular flexibility index (Phi) is 8.58. The smallest absolute Gasteiger partial charge is 0.438 e. The topological polar surface area (TPSA) is 35.5 Å². The van der Waals surface area contributed by atoms with E-state index in [-0.39, 0.29) is 0 Å². The highest BCUT2D eigenvalue weighted by molar-refractivity contribution is 5.60. The number of rotatable bonds is 4. The van der Waals surface area contributed by atoms with Crippen molar-refractivity contribution < 1.29 is 14.3 Å². The van der Waals surface area contributed by atoms with Gasteiger partial charge in [0.2, 0.25) is 0 Å². The third kappa shape index (κ3) is 9.25. The summed E-state index contributed by atoms with van der Waals surface area (Å²) in [6, 6.07) is 0. The van der Waals surface area contributed by atoms with Gasteiger partial charge in [0.25, 0.3) is 0 Å². The molecule has 0 bridgehead atoms. The predicted molar refractivity (Wildman–Crippen MR) is 68.5 cm³/mol. The van der Waals surface area contributed by atoms with Gasteiger partial charge in [0.1, 0.15) is 0 Å². The van der Waals surface area contributed by atoms with Crippen molar-refractivity contribution in [3.63, 3.8) is 0 Å². The van der Waals surface area contributed by atoms with E-state index in [9.17, 15) is 4.79 Å². The molecule has 0 spiro atoms. The van der Waals surface area contributed by atoms with Gasteiger partial charge in [-0.15, -0.1) is 0 Å². The highest BCUT2D eigenvalue weighted by atomic mass is 16.7. The minimum absolute atomic E-state index is 0.422. The lowest BCUT2D eigenvalue weighted by Gasteiger charge is -2.09. The third-order valence-electron chi connectivity index (χ3n) is 1.88. The molecule has 17 heavy (non-hydrogen) atoms. The van der Waals surface area contributed by atoms with Crippen molar-refractivity contribution in [2.75, 3.05) is 7.11 Å². The standard InChI is InChI=1S/C14H20O3/c1-5-6-7-10-13(17-14(15)16-4)11-8-9-12(2)3/h5-6,9,13H,8,11H2,1-4H3/b6-5+. The number of carbonyl (C=O) groups is 1. The summed E-state index contributed by atoms with van der Waals surface area (Å²) in [5.74, 6) is 5.69. The zero-order valence-corrected chi connectivity index (χ0v) is 10.9. The maximum atomic E-state index is 11.0. The summed E-state index contributed by atoms with van der Waals surface area (Å²) in [5, 5.41) is 0. The van der Waals surface area contributed by atoms with Crippen LogP contribution in [0.4, 0.5) is 4.79 Å². The van der Waals surface area contributed by atoms with Crippen molar-refractivity contribution in [2.24, 2.45) is 0 Å². The van der Waals surface area contributed by atoms with Gasteiger partial charge in [0, 0.05) is 0 Å². The normalized spacial score (nSPS) is 11.3. The molecule has 0 aliphatic carbocycles. The average molecular weight is 236 g/mol. The molecule has 1 unspecified atom stereocenters. The molecule has 0 saturated heterocycles. The molecule has 0 aromatic carbocycles. The van der Waals surface area contributed by atoms with Gasteiger partial charge in [-0.25, -0.2) is 4.79 Å². The Bertz CT molecular complexity index is 338. The third-order valence-corrected chi connectivity index (χ3v) is 1.88. The summed E-state index contributed by atoms with van der Waals surface area (Å²) in [7, 11) is 1.29. The summed E-state index contributed by atoms with van der Waals surface area (Å²) in [5.41, 5.74) is 1.24. The van der Waals surface area contributed by atoms with Gasteiger partial charge in [-0.05, 0) is 39.7 Å². The van der Waals surface area contributed by atoms with Gasteiger partial charge < -0.3 is 9.47 Å². The van der Waals surface area contributed by atoms with Gasteiger partial charge in [-0.2, -0.15) is 0 Å². The van der Waals surface area contributed by atoms with Crippen molar-refractivity contribution in [3.8, 4) is 11.8 Å². The predicted octanol–water partition coefficient (Wildman–Crippen LogP) is 3.46. The molecule has 1 atom stereocenters. The van der Waals surface area contributed by atoms with Gasteiger partial charge in [0.05, 0.1) is 7.11 Å². The molecular formula is C14H20O3. The quantitative estimate of drug-likeness (QED) is 0.426. The Balaban J connectivity index is 4.36. The lowest BCUT2D eigenvalue weighted by atomic mass is 10.1. The molecule has 94 valence electrons. The van der Waals surface area contributed by atoms with Gasteiger partial charge in [-0.1, -0.05) is 29.6 Å². The summed E-state index contributed by atoms with van der Waals surface area (Å²) >= 11 is 0. The van der Waals surface area contributed by atoms with E-state index in [1.165, 1.54) is 12.7 Å². The fourth-order valence-electron chi connectivity index (χ4n) is 1.07. The van der Waals surface area contributed by atoms with E-state index in [1.54, 1.807) is 6.08 Å². The Hall–Kier alpha value is -1.69. The van der Waals surface area contributed by atoms with Crippen LogP contribution in [-0.4, -0.2) is 19.4 Å². The van der Waals surface area contributed by atoms with E-state index in [2.05, 4.69) is 22.7 Å². The molecule has 3 nitrogen and oxygen atoms in total. The fraction of sp³-hybridized carbons (Fsp3) is 0.500. The van der Waals surface area contributed by atoms with Crippen molar-refractivity contribution in [3.05, 3.63) is 23.8 Å². The number of hydrogen-bond acceptors (Lipinski definition) is 3. The molecule has 0 aromatic rings. The lowest BCUT2D eigenvalue weighted by molar-refractivity contribution is 0.0532. The molecule has 0 aliphatic rings. The van der Waals surface area contributed by atoms with Gasteiger partial charge >= 0.3 is 6.16 Å². The molecule has 0 aliphatic heterocycles. The fourth-order valence-corrected chi connectivity index (χ4v) is 1.07. The average Bonchev–Trinajstić information content (AvgIpc) is 2.28. The van der Waals surface area contributed by atoms with E-state index in [4.69, 9.17) is 4.74 Å². The van der Waals surface area contributed by atoms with Crippen LogP contribution in [0.2, 0.25) is 0 Å². The SMILES string of the molecule is C/C=C/C#CC(CCC=C(C)C)OC(=O)OC. The monoisotopic (exact) mass is 236 g/mol. The van der Waals surface area contributed by atoms with Crippen LogP contribution in [0.1, 0.15) is 33.6 Å². The first kappa shape index (κ1) is 15.3. The maximum Gasteiger partial charge on any atom is 0.509 e.